The van der Waals surface area contributed by atoms with Gasteiger partial charge in [-0.1, -0.05) is 0 Å². The molecule has 6 nitrogen and oxygen atoms in total. The van der Waals surface area contributed by atoms with E-state index >= 15 is 0 Å². The number of phenolic OH excluding ortho intramolecular Hbond substituents is 1. The number of nitro benzene ring substituents is 1. The van der Waals surface area contributed by atoms with Crippen LogP contribution in [0.15, 0.2) is 60.7 Å². The molecule has 1 atom stereocenters. The summed E-state index contributed by atoms with van der Waals surface area (Å²) in [7, 11) is 1.39. The third kappa shape index (κ3) is 3.71. The molecule has 3 aromatic rings. The molecule has 0 aliphatic carbocycles. The van der Waals surface area contributed by atoms with Crippen LogP contribution in [0, 0.1) is 10.1 Å². The predicted molar refractivity (Wildman–Crippen MR) is 107 cm³/mol. The summed E-state index contributed by atoms with van der Waals surface area (Å²) in [5.74, 6) is 0.0481. The van der Waals surface area contributed by atoms with E-state index in [1.807, 2.05) is 6.07 Å². The van der Waals surface area contributed by atoms with Crippen LogP contribution >= 0.6 is 11.6 Å². The van der Waals surface area contributed by atoms with E-state index in [-0.39, 0.29) is 59.1 Å². The monoisotopic (exact) mass is 592 g/mol. The zero-order valence-electron chi connectivity index (χ0n) is 14.7. The van der Waals surface area contributed by atoms with Gasteiger partial charge in [0.15, 0.2) is 0 Å². The van der Waals surface area contributed by atoms with Crippen LogP contribution in [-0.2, 0) is 3.16 Å². The van der Waals surface area contributed by atoms with Crippen LogP contribution in [-0.4, -0.2) is 48.0 Å². The van der Waals surface area contributed by atoms with Crippen molar-refractivity contribution < 1.29 is 19.9 Å². The molecule has 0 spiro atoms. The van der Waals surface area contributed by atoms with Gasteiger partial charge >= 0.3 is 183 Å². The van der Waals surface area contributed by atoms with Crippen molar-refractivity contribution in [1.82, 2.24) is 0 Å². The summed E-state index contributed by atoms with van der Waals surface area (Å²) in [4.78, 5) is 11.1. The fourth-order valence-electron chi connectivity index (χ4n) is 3.05. The molecule has 1 unspecified atom stereocenters. The first-order valence-electron chi connectivity index (χ1n) is 8.15. The topological polar surface area (TPSA) is 92.8 Å². The average molecular weight is 592 g/mol. The first kappa shape index (κ1) is 20.6. The summed E-state index contributed by atoms with van der Waals surface area (Å²) in [6, 6.07) is 16.0. The Morgan fingerprint density at radius 1 is 1.11 bits per heavy atom. The second-order valence-electron chi connectivity index (χ2n) is 6.04. The molecule has 3 rings (SSSR count). The van der Waals surface area contributed by atoms with E-state index in [4.69, 9.17) is 16.3 Å². The number of methoxy groups -OCH3 is 1. The number of ether oxygens (including phenoxy) is 1. The Kier molecular flexibility index (Phi) is 5.92. The van der Waals surface area contributed by atoms with Gasteiger partial charge in [0.1, 0.15) is 0 Å². The normalized spacial score (nSPS) is 13.0. The molecule has 0 aliphatic rings. The number of benzene rings is 3. The van der Waals surface area contributed by atoms with E-state index in [1.165, 1.54) is 37.4 Å². The molecule has 0 bridgehead atoms. The third-order valence-corrected chi connectivity index (χ3v) is 6.81. The third-order valence-electron chi connectivity index (χ3n) is 4.33. The molecule has 28 heavy (non-hydrogen) atoms. The summed E-state index contributed by atoms with van der Waals surface area (Å²) in [6.45, 7) is 0. The number of hydrogen-bond donors (Lipinski definition) is 2. The zero-order valence-corrected chi connectivity index (χ0v) is 19.4. The van der Waals surface area contributed by atoms with Gasteiger partial charge in [0.25, 0.3) is 0 Å². The summed E-state index contributed by atoms with van der Waals surface area (Å²) < 4.78 is 3.96. The minimum atomic E-state index is -1.45. The standard InChI is InChI=1S/C20H15ClNO5.Pb/c1-27-17-11-13(23)10-14(20(24)12-6-3-2-4-7-12)18(17)19-15(21)8-5-9-16(19)22(25)26;/h2-11,23-24H,1H3;. The van der Waals surface area contributed by atoms with Crippen molar-refractivity contribution in [3.63, 3.8) is 0 Å². The van der Waals surface area contributed by atoms with E-state index in [0.717, 1.165) is 0 Å². The number of rotatable bonds is 5. The van der Waals surface area contributed by atoms with Crippen LogP contribution in [0.1, 0.15) is 11.1 Å². The van der Waals surface area contributed by atoms with Gasteiger partial charge in [0.2, 0.25) is 0 Å². The Bertz CT molecular complexity index is 1040. The van der Waals surface area contributed by atoms with E-state index < -0.39 is 8.08 Å². The first-order valence-corrected chi connectivity index (χ1v) is 10.5. The van der Waals surface area contributed by atoms with Gasteiger partial charge in [-0.05, 0) is 0 Å². The van der Waals surface area contributed by atoms with Crippen molar-refractivity contribution in [3.05, 3.63) is 86.9 Å². The molecule has 2 N–H and O–H groups in total. The van der Waals surface area contributed by atoms with E-state index in [2.05, 4.69) is 0 Å². The summed E-state index contributed by atoms with van der Waals surface area (Å²) in [5, 5.41) is 33.4. The molecule has 8 heteroatoms. The summed E-state index contributed by atoms with van der Waals surface area (Å²) >= 11 is 6.59. The van der Waals surface area contributed by atoms with Gasteiger partial charge in [-0.3, -0.25) is 0 Å². The van der Waals surface area contributed by atoms with Crippen LogP contribution in [0.3, 0.4) is 0 Å². The fourth-order valence-corrected chi connectivity index (χ4v) is 4.73. The quantitative estimate of drug-likeness (QED) is 0.266. The molecular formula is C20H15ClNO5Pb. The van der Waals surface area contributed by atoms with Crippen LogP contribution < -0.4 is 4.74 Å². The van der Waals surface area contributed by atoms with Gasteiger partial charge < -0.3 is 0 Å². The van der Waals surface area contributed by atoms with Crippen LogP contribution in [0.25, 0.3) is 11.1 Å². The molecule has 0 saturated carbocycles. The van der Waals surface area contributed by atoms with Gasteiger partial charge in [-0.25, -0.2) is 0 Å². The van der Waals surface area contributed by atoms with Gasteiger partial charge in [0, 0.05) is 0 Å². The summed E-state index contributed by atoms with van der Waals surface area (Å²) in [5.41, 5.74) is 1.08. The van der Waals surface area contributed by atoms with Gasteiger partial charge in [-0.2, -0.15) is 0 Å². The average Bonchev–Trinajstić information content (AvgIpc) is 2.68. The zero-order chi connectivity index (χ0) is 20.5. The Hall–Kier alpha value is -2.17. The predicted octanol–water partition coefficient (Wildman–Crippen LogP) is 3.99. The second kappa shape index (κ2) is 8.06. The fraction of sp³-hybridized carbons (Fsp3) is 0.100. The molecule has 0 saturated heterocycles. The number of phenols is 1. The number of halogens is 1. The van der Waals surface area contributed by atoms with Crippen molar-refractivity contribution in [2.24, 2.45) is 0 Å². The van der Waals surface area contributed by atoms with E-state index in [0.29, 0.717) is 11.1 Å². The second-order valence-corrected chi connectivity index (χ2v) is 9.26. The van der Waals surface area contributed by atoms with Crippen molar-refractivity contribution in [1.29, 1.82) is 0 Å². The SMILES string of the molecule is COc1cc(O)cc([C](O)([Pb])c2ccccc2)c1-c1c(Cl)cccc1[N+](=O)[O-]. The number of nitrogens with zero attached hydrogens (tertiary/aromatic N) is 1. The maximum atomic E-state index is 11.6. The number of nitro groups is 1. The molecule has 0 aromatic heterocycles. The molecule has 141 valence electrons. The van der Waals surface area contributed by atoms with Crippen molar-refractivity contribution >= 4 is 43.1 Å². The Morgan fingerprint density at radius 3 is 2.39 bits per heavy atom. The van der Waals surface area contributed by atoms with Crippen molar-refractivity contribution in [2.75, 3.05) is 7.11 Å². The molecule has 0 fully saturated rings. The van der Waals surface area contributed by atoms with Crippen LogP contribution in [0.5, 0.6) is 11.5 Å². The van der Waals surface area contributed by atoms with Crippen LogP contribution in [0.4, 0.5) is 5.69 Å². The van der Waals surface area contributed by atoms with E-state index in [9.17, 15) is 20.3 Å². The first-order chi connectivity index (χ1) is 13.3. The Morgan fingerprint density at radius 2 is 1.79 bits per heavy atom. The molecule has 3 aromatic carbocycles. The molecule has 0 heterocycles. The molecule has 0 aliphatic heterocycles. The minimum absolute atomic E-state index is 0.129. The van der Waals surface area contributed by atoms with Crippen molar-refractivity contribution in [2.45, 2.75) is 3.16 Å². The Labute approximate surface area is 182 Å². The number of hydrogen-bond acceptors (Lipinski definition) is 5. The van der Waals surface area contributed by atoms with Crippen LogP contribution in [0.2, 0.25) is 5.02 Å². The van der Waals surface area contributed by atoms with E-state index in [1.54, 1.807) is 24.3 Å². The van der Waals surface area contributed by atoms with Crippen molar-refractivity contribution in [3.8, 4) is 22.6 Å². The summed E-state index contributed by atoms with van der Waals surface area (Å²) in [6.07, 6.45) is 0. The maximum absolute atomic E-state index is 11.6. The molecule has 3 radical (unpaired) electrons. The van der Waals surface area contributed by atoms with Gasteiger partial charge in [-0.15, -0.1) is 0 Å². The number of aromatic hydroxyl groups is 1. The Balaban J connectivity index is 2.43. The molecule has 0 amide bonds. The molecular weight excluding hydrogens is 577 g/mol. The van der Waals surface area contributed by atoms with Gasteiger partial charge in [0.05, 0.1) is 0 Å². The number of aliphatic hydroxyl groups is 1.